The first-order valence-corrected chi connectivity index (χ1v) is 12.8. The minimum absolute atomic E-state index is 0.0112. The predicted molar refractivity (Wildman–Crippen MR) is 119 cm³/mol. The molecule has 0 amide bonds. The molecule has 4 aliphatic carbocycles. The van der Waals surface area contributed by atoms with Crippen LogP contribution in [-0.2, 0) is 19.1 Å². The smallest absolute Gasteiger partial charge is 0.193 e. The SMILES string of the molecule is C[C@]12CCC(=O)C=C1CC[C@H]1[C@@H]3CC(O)[C@](O)(C(=O)COC4CCCCO4)[C@@]3(C)CC(O)[C@@]12F. The highest BCUT2D eigenvalue weighted by molar-refractivity contribution is 5.92. The molecule has 4 fully saturated rings. The first-order chi connectivity index (χ1) is 16.0. The number of alkyl halides is 1. The highest BCUT2D eigenvalue weighted by Crippen LogP contribution is 2.70. The molecule has 5 aliphatic rings. The Hall–Kier alpha value is -1.19. The molecule has 34 heavy (non-hydrogen) atoms. The van der Waals surface area contributed by atoms with E-state index in [1.807, 2.05) is 0 Å². The van der Waals surface area contributed by atoms with E-state index in [4.69, 9.17) is 9.47 Å². The van der Waals surface area contributed by atoms with Gasteiger partial charge in [-0.2, -0.15) is 0 Å². The van der Waals surface area contributed by atoms with Crippen LogP contribution in [0, 0.1) is 22.7 Å². The lowest BCUT2D eigenvalue weighted by molar-refractivity contribution is -0.233. The van der Waals surface area contributed by atoms with Crippen molar-refractivity contribution in [2.45, 2.75) is 101 Å². The maximum atomic E-state index is 17.1. The van der Waals surface area contributed by atoms with E-state index in [2.05, 4.69) is 0 Å². The van der Waals surface area contributed by atoms with Gasteiger partial charge in [0.25, 0.3) is 0 Å². The lowest BCUT2D eigenvalue weighted by Crippen LogP contribution is -2.70. The zero-order valence-electron chi connectivity index (χ0n) is 20.1. The van der Waals surface area contributed by atoms with Crippen molar-refractivity contribution < 1.29 is 38.8 Å². The third kappa shape index (κ3) is 3.11. The molecule has 3 saturated carbocycles. The van der Waals surface area contributed by atoms with Crippen LogP contribution in [0.5, 0.6) is 0 Å². The van der Waals surface area contributed by atoms with Crippen LogP contribution in [-0.4, -0.2) is 69.9 Å². The Bertz CT molecular complexity index is 900. The van der Waals surface area contributed by atoms with E-state index in [1.54, 1.807) is 19.9 Å². The normalized spacial score (nSPS) is 50.7. The minimum atomic E-state index is -2.14. The van der Waals surface area contributed by atoms with Crippen LogP contribution < -0.4 is 0 Å². The van der Waals surface area contributed by atoms with Crippen LogP contribution >= 0.6 is 0 Å². The number of halogens is 1. The summed E-state index contributed by atoms with van der Waals surface area (Å²) in [4.78, 5) is 25.4. The monoisotopic (exact) mass is 480 g/mol. The third-order valence-corrected chi connectivity index (χ3v) is 10.2. The molecule has 0 radical (unpaired) electrons. The maximum absolute atomic E-state index is 17.1. The Kier molecular flexibility index (Phi) is 5.88. The number of fused-ring (bicyclic) bond motifs is 5. The highest BCUT2D eigenvalue weighted by atomic mass is 19.1. The molecule has 1 saturated heterocycles. The van der Waals surface area contributed by atoms with E-state index in [9.17, 15) is 24.9 Å². The number of ketones is 2. The molecule has 1 heterocycles. The van der Waals surface area contributed by atoms with Gasteiger partial charge in [0.05, 0.1) is 12.2 Å². The maximum Gasteiger partial charge on any atom is 0.193 e. The summed E-state index contributed by atoms with van der Waals surface area (Å²) >= 11 is 0. The summed E-state index contributed by atoms with van der Waals surface area (Å²) < 4.78 is 28.3. The van der Waals surface area contributed by atoms with Crippen LogP contribution in [0.25, 0.3) is 0 Å². The van der Waals surface area contributed by atoms with Crippen LogP contribution in [0.1, 0.15) is 71.6 Å². The summed E-state index contributed by atoms with van der Waals surface area (Å²) in [7, 11) is 0. The number of ether oxygens (including phenoxy) is 2. The molecule has 7 nitrogen and oxygen atoms in total. The number of rotatable bonds is 4. The number of aliphatic hydroxyl groups is 3. The van der Waals surface area contributed by atoms with E-state index in [1.165, 1.54) is 0 Å². The summed E-state index contributed by atoms with van der Waals surface area (Å²) in [5.41, 5.74) is -5.59. The number of hydrogen-bond acceptors (Lipinski definition) is 7. The Morgan fingerprint density at radius 2 is 1.94 bits per heavy atom. The van der Waals surface area contributed by atoms with E-state index < -0.39 is 64.8 Å². The zero-order valence-corrected chi connectivity index (χ0v) is 20.1. The fraction of sp³-hybridized carbons (Fsp3) is 0.846. The van der Waals surface area contributed by atoms with Crippen LogP contribution in [0.2, 0.25) is 0 Å². The van der Waals surface area contributed by atoms with Crippen molar-refractivity contribution in [2.75, 3.05) is 13.2 Å². The van der Waals surface area contributed by atoms with Crippen LogP contribution in [0.3, 0.4) is 0 Å². The molecule has 1 aliphatic heterocycles. The molecule has 190 valence electrons. The second-order valence-electron chi connectivity index (χ2n) is 11.7. The summed E-state index contributed by atoms with van der Waals surface area (Å²) in [6.45, 7) is 3.64. The lowest BCUT2D eigenvalue weighted by Gasteiger charge is -2.63. The molecule has 0 aromatic heterocycles. The quantitative estimate of drug-likeness (QED) is 0.566. The van der Waals surface area contributed by atoms with Crippen molar-refractivity contribution in [3.8, 4) is 0 Å². The van der Waals surface area contributed by atoms with Crippen molar-refractivity contribution in [1.29, 1.82) is 0 Å². The molecule has 0 bridgehead atoms. The number of hydrogen-bond donors (Lipinski definition) is 3. The molecule has 0 aromatic carbocycles. The molecule has 0 spiro atoms. The molecule has 0 aromatic rings. The molecule has 9 atom stereocenters. The van der Waals surface area contributed by atoms with Crippen molar-refractivity contribution in [1.82, 2.24) is 0 Å². The van der Waals surface area contributed by atoms with E-state index in [0.717, 1.165) is 18.4 Å². The number of carbonyl (C=O) groups excluding carboxylic acids is 2. The summed E-state index contributed by atoms with van der Waals surface area (Å²) in [5.74, 6) is -1.80. The third-order valence-electron chi connectivity index (χ3n) is 10.2. The summed E-state index contributed by atoms with van der Waals surface area (Å²) in [5, 5.41) is 34.1. The zero-order chi connectivity index (χ0) is 24.5. The fourth-order valence-electron chi connectivity index (χ4n) is 8.21. The van der Waals surface area contributed by atoms with Gasteiger partial charge in [-0.05, 0) is 63.4 Å². The van der Waals surface area contributed by atoms with Gasteiger partial charge in [-0.3, -0.25) is 9.59 Å². The van der Waals surface area contributed by atoms with Gasteiger partial charge in [-0.15, -0.1) is 0 Å². The minimum Gasteiger partial charge on any atom is -0.390 e. The summed E-state index contributed by atoms with van der Waals surface area (Å²) in [6, 6.07) is 0. The van der Waals surface area contributed by atoms with Gasteiger partial charge in [-0.25, -0.2) is 4.39 Å². The molecular weight excluding hydrogens is 443 g/mol. The molecule has 8 heteroatoms. The van der Waals surface area contributed by atoms with Gasteiger partial charge in [0.2, 0.25) is 0 Å². The van der Waals surface area contributed by atoms with E-state index >= 15 is 4.39 Å². The highest BCUT2D eigenvalue weighted by Gasteiger charge is 2.76. The van der Waals surface area contributed by atoms with Gasteiger partial charge >= 0.3 is 0 Å². The Labute approximate surface area is 199 Å². The topological polar surface area (TPSA) is 113 Å². The van der Waals surface area contributed by atoms with Crippen molar-refractivity contribution in [3.05, 3.63) is 11.6 Å². The van der Waals surface area contributed by atoms with Gasteiger partial charge in [0, 0.05) is 29.8 Å². The van der Waals surface area contributed by atoms with Crippen LogP contribution in [0.15, 0.2) is 11.6 Å². The standard InChI is InChI=1S/C26H37FO7/c1-23-9-8-16(28)11-15(23)6-7-17-18-12-19(29)26(32,24(18,2)13-20(30)25(17,23)27)21(31)14-34-22-5-3-4-10-33-22/h11,17-20,22,29-30,32H,3-10,12-14H2,1-2H3/t17-,18-,19?,20?,22?,23-,24-,25-,26-/m0/s1. The average Bonchev–Trinajstić information content (AvgIpc) is 3.01. The lowest BCUT2D eigenvalue weighted by atomic mass is 9.44. The van der Waals surface area contributed by atoms with Gasteiger partial charge < -0.3 is 24.8 Å². The van der Waals surface area contributed by atoms with Crippen molar-refractivity contribution in [3.63, 3.8) is 0 Å². The summed E-state index contributed by atoms with van der Waals surface area (Å²) in [6.07, 6.45) is 2.16. The van der Waals surface area contributed by atoms with Crippen molar-refractivity contribution in [2.24, 2.45) is 22.7 Å². The predicted octanol–water partition coefficient (Wildman–Crippen LogP) is 2.40. The molecular formula is C26H37FO7. The Balaban J connectivity index is 1.44. The van der Waals surface area contributed by atoms with Crippen molar-refractivity contribution >= 4 is 11.6 Å². The number of carbonyl (C=O) groups is 2. The van der Waals surface area contributed by atoms with E-state index in [0.29, 0.717) is 32.3 Å². The molecule has 3 N–H and O–H groups in total. The molecule has 5 rings (SSSR count). The number of allylic oxidation sites excluding steroid dienone is 1. The van der Waals surface area contributed by atoms with Crippen LogP contribution in [0.4, 0.5) is 4.39 Å². The van der Waals surface area contributed by atoms with E-state index in [-0.39, 0.29) is 25.0 Å². The Morgan fingerprint density at radius 1 is 1.18 bits per heavy atom. The largest absolute Gasteiger partial charge is 0.390 e. The number of aliphatic hydroxyl groups excluding tert-OH is 2. The van der Waals surface area contributed by atoms with Gasteiger partial charge in [-0.1, -0.05) is 19.4 Å². The molecule has 3 unspecified atom stereocenters. The van der Waals surface area contributed by atoms with Gasteiger partial charge in [0.15, 0.2) is 23.5 Å². The fourth-order valence-corrected chi connectivity index (χ4v) is 8.21. The Morgan fingerprint density at radius 3 is 2.65 bits per heavy atom. The first-order valence-electron chi connectivity index (χ1n) is 12.8. The first kappa shape index (κ1) is 24.5. The average molecular weight is 481 g/mol. The number of Topliss-reactive ketones (excluding diaryl/α,β-unsaturated/α-hetero) is 1. The second-order valence-corrected chi connectivity index (χ2v) is 11.7. The van der Waals surface area contributed by atoms with Gasteiger partial charge in [0.1, 0.15) is 12.3 Å². The second kappa shape index (κ2) is 8.17.